The second-order valence-corrected chi connectivity index (χ2v) is 11.6. The van der Waals surface area contributed by atoms with Crippen molar-refractivity contribution in [3.05, 3.63) is 45.8 Å². The molecule has 0 saturated carbocycles. The van der Waals surface area contributed by atoms with Gasteiger partial charge in [-0.25, -0.2) is 17.5 Å². The van der Waals surface area contributed by atoms with Crippen LogP contribution in [-0.4, -0.2) is 69.3 Å². The summed E-state index contributed by atoms with van der Waals surface area (Å²) in [5.41, 5.74) is 1.30. The van der Waals surface area contributed by atoms with Crippen molar-refractivity contribution in [1.29, 1.82) is 0 Å². The number of hydrogen-bond donors (Lipinski definition) is 2. The zero-order valence-corrected chi connectivity index (χ0v) is 22.6. The Morgan fingerprint density at radius 2 is 1.83 bits per heavy atom. The van der Waals surface area contributed by atoms with Gasteiger partial charge in [-0.3, -0.25) is 19.8 Å². The number of unbranched alkanes of at least 4 members (excludes halogenated alkanes) is 1. The lowest BCUT2D eigenvalue weighted by atomic mass is 10.0. The fourth-order valence-electron chi connectivity index (χ4n) is 3.90. The van der Waals surface area contributed by atoms with E-state index in [0.717, 1.165) is 36.4 Å². The van der Waals surface area contributed by atoms with Gasteiger partial charge in [0.25, 0.3) is 11.8 Å². The maximum atomic E-state index is 13.0. The lowest BCUT2D eigenvalue weighted by Crippen LogP contribution is -2.33. The van der Waals surface area contributed by atoms with Gasteiger partial charge >= 0.3 is 6.09 Å². The Morgan fingerprint density at radius 1 is 1.14 bits per heavy atom. The Bertz CT molecular complexity index is 1220. The number of nitrogens with zero attached hydrogens (tertiary/aromatic N) is 2. The van der Waals surface area contributed by atoms with Crippen LogP contribution in [0.2, 0.25) is 0 Å². The topological polar surface area (TPSA) is 125 Å². The quantitative estimate of drug-likeness (QED) is 0.504. The van der Waals surface area contributed by atoms with Gasteiger partial charge in [-0.1, -0.05) is 20.3 Å². The highest BCUT2D eigenvalue weighted by Gasteiger charge is 2.29. The number of amides is 3. The summed E-state index contributed by atoms with van der Waals surface area (Å²) in [4.78, 5) is 40.9. The number of benzene rings is 1. The largest absolute Gasteiger partial charge is 0.453 e. The molecule has 196 valence electrons. The van der Waals surface area contributed by atoms with Gasteiger partial charge in [0.2, 0.25) is 10.0 Å². The van der Waals surface area contributed by atoms with Crippen molar-refractivity contribution >= 4 is 44.3 Å². The normalized spacial score (nSPS) is 13.8. The second-order valence-electron chi connectivity index (χ2n) is 8.43. The average molecular weight is 537 g/mol. The lowest BCUT2D eigenvalue weighted by molar-refractivity contribution is 0.0936. The van der Waals surface area contributed by atoms with Crippen LogP contribution in [0.3, 0.4) is 0 Å². The van der Waals surface area contributed by atoms with Crippen LogP contribution in [0.15, 0.2) is 29.2 Å². The molecule has 0 atom stereocenters. The molecule has 10 nitrogen and oxygen atoms in total. The molecule has 2 heterocycles. The zero-order valence-electron chi connectivity index (χ0n) is 20.9. The van der Waals surface area contributed by atoms with E-state index < -0.39 is 27.9 Å². The number of sulfonamides is 1. The number of fused-ring (bicyclic) bond motifs is 1. The molecule has 3 amide bonds. The molecule has 2 aromatic rings. The number of thiophene rings is 1. The van der Waals surface area contributed by atoms with E-state index in [0.29, 0.717) is 24.5 Å². The Balaban J connectivity index is 1.85. The number of carbonyl (C=O) groups is 3. The third-order valence-electron chi connectivity index (χ3n) is 6.09. The summed E-state index contributed by atoms with van der Waals surface area (Å²) in [5, 5.41) is 5.30. The standard InChI is InChI=1S/C24H32N4O6S2/c1-5-7-13-27(3)36(32,33)17-10-8-16(9-11-17)21(29)25-23-20(22(30)26-24(31)34-4)18-12-14-28(6-2)15-19(18)35-23/h8-11H,5-7,12-15H2,1-4H3,(H,25,29)(H,26,30,31). The number of carbonyl (C=O) groups excluding carboxylic acids is 3. The number of rotatable bonds is 9. The van der Waals surface area contributed by atoms with E-state index in [-0.39, 0.29) is 16.0 Å². The Morgan fingerprint density at radius 3 is 2.44 bits per heavy atom. The Hall–Kier alpha value is -2.80. The van der Waals surface area contributed by atoms with Crippen LogP contribution in [0, 0.1) is 0 Å². The molecule has 0 fully saturated rings. The van der Waals surface area contributed by atoms with Gasteiger partial charge in [0.05, 0.1) is 17.6 Å². The summed E-state index contributed by atoms with van der Waals surface area (Å²) in [5.74, 6) is -1.13. The highest BCUT2D eigenvalue weighted by Crippen LogP contribution is 2.37. The molecular formula is C24H32N4O6S2. The van der Waals surface area contributed by atoms with Crippen LogP contribution in [0.5, 0.6) is 0 Å². The molecule has 2 N–H and O–H groups in total. The van der Waals surface area contributed by atoms with E-state index >= 15 is 0 Å². The number of imide groups is 1. The molecule has 0 aliphatic carbocycles. The molecule has 1 aliphatic rings. The fourth-order valence-corrected chi connectivity index (χ4v) is 6.39. The Labute approximate surface area is 215 Å². The molecule has 0 spiro atoms. The molecule has 1 aromatic heterocycles. The third-order valence-corrected chi connectivity index (χ3v) is 9.09. The van der Waals surface area contributed by atoms with Crippen LogP contribution in [0.25, 0.3) is 0 Å². The van der Waals surface area contributed by atoms with Crippen molar-refractivity contribution in [1.82, 2.24) is 14.5 Å². The number of methoxy groups -OCH3 is 1. The Kier molecular flexibility index (Phi) is 9.23. The molecule has 36 heavy (non-hydrogen) atoms. The highest BCUT2D eigenvalue weighted by atomic mass is 32.2. The van der Waals surface area contributed by atoms with Gasteiger partial charge in [0, 0.05) is 37.1 Å². The minimum absolute atomic E-state index is 0.0991. The van der Waals surface area contributed by atoms with Crippen LogP contribution < -0.4 is 10.6 Å². The SMILES string of the molecule is CCCCN(C)S(=O)(=O)c1ccc(C(=O)Nc2sc3c(c2C(=O)NC(=O)OC)CCN(CC)C3)cc1. The van der Waals surface area contributed by atoms with E-state index in [1.54, 1.807) is 0 Å². The average Bonchev–Trinajstić information content (AvgIpc) is 3.23. The van der Waals surface area contributed by atoms with Crippen LogP contribution in [0.4, 0.5) is 9.80 Å². The van der Waals surface area contributed by atoms with Gasteiger partial charge < -0.3 is 10.1 Å². The molecule has 0 radical (unpaired) electrons. The maximum Gasteiger partial charge on any atom is 0.413 e. The van der Waals surface area contributed by atoms with Gasteiger partial charge in [-0.15, -0.1) is 11.3 Å². The van der Waals surface area contributed by atoms with Crippen molar-refractivity contribution in [2.24, 2.45) is 0 Å². The summed E-state index contributed by atoms with van der Waals surface area (Å²) in [6.07, 6.45) is 1.35. The summed E-state index contributed by atoms with van der Waals surface area (Å²) >= 11 is 1.30. The molecule has 1 aliphatic heterocycles. The number of ether oxygens (including phenoxy) is 1. The molecule has 3 rings (SSSR count). The van der Waals surface area contributed by atoms with Crippen LogP contribution in [0.1, 0.15) is 57.8 Å². The molecule has 0 unspecified atom stereocenters. The van der Waals surface area contributed by atoms with Crippen molar-refractivity contribution in [2.75, 3.05) is 39.1 Å². The third kappa shape index (κ3) is 6.12. The van der Waals surface area contributed by atoms with E-state index in [1.807, 2.05) is 6.92 Å². The first-order chi connectivity index (χ1) is 17.1. The van der Waals surface area contributed by atoms with Gasteiger partial charge in [0.15, 0.2) is 0 Å². The first-order valence-corrected chi connectivity index (χ1v) is 14.0. The smallest absolute Gasteiger partial charge is 0.413 e. The van der Waals surface area contributed by atoms with Crippen molar-refractivity contribution in [3.8, 4) is 0 Å². The monoisotopic (exact) mass is 536 g/mol. The number of hydrogen-bond acceptors (Lipinski definition) is 8. The molecule has 1 aromatic carbocycles. The first kappa shape index (κ1) is 27.8. The fraction of sp³-hybridized carbons (Fsp3) is 0.458. The summed E-state index contributed by atoms with van der Waals surface area (Å²) in [6, 6.07) is 5.68. The maximum absolute atomic E-state index is 13.0. The lowest BCUT2D eigenvalue weighted by Gasteiger charge is -2.25. The highest BCUT2D eigenvalue weighted by molar-refractivity contribution is 7.89. The van der Waals surface area contributed by atoms with Gasteiger partial charge in [-0.05, 0) is 49.2 Å². The summed E-state index contributed by atoms with van der Waals surface area (Å²) < 4.78 is 31.3. The van der Waals surface area contributed by atoms with Crippen molar-refractivity contribution in [3.63, 3.8) is 0 Å². The minimum atomic E-state index is -3.65. The van der Waals surface area contributed by atoms with E-state index in [4.69, 9.17) is 0 Å². The minimum Gasteiger partial charge on any atom is -0.453 e. The van der Waals surface area contributed by atoms with Crippen molar-refractivity contribution < 1.29 is 27.5 Å². The zero-order chi connectivity index (χ0) is 26.5. The summed E-state index contributed by atoms with van der Waals surface area (Å²) in [6.45, 7) is 6.71. The predicted octanol–water partition coefficient (Wildman–Crippen LogP) is 3.30. The van der Waals surface area contributed by atoms with Gasteiger partial charge in [-0.2, -0.15) is 0 Å². The predicted molar refractivity (Wildman–Crippen MR) is 138 cm³/mol. The molecular weight excluding hydrogens is 504 g/mol. The summed E-state index contributed by atoms with van der Waals surface area (Å²) in [7, 11) is -0.954. The van der Waals surface area contributed by atoms with E-state index in [2.05, 4.69) is 27.2 Å². The number of anilines is 1. The van der Waals surface area contributed by atoms with Gasteiger partial charge in [0.1, 0.15) is 5.00 Å². The second kappa shape index (κ2) is 12.0. The number of nitrogens with one attached hydrogen (secondary N) is 2. The number of likely N-dealkylation sites (N-methyl/N-ethyl adjacent to an activating group) is 1. The van der Waals surface area contributed by atoms with Crippen molar-refractivity contribution in [2.45, 2.75) is 44.6 Å². The number of alkyl carbamates (subject to hydrolysis) is 1. The van der Waals surface area contributed by atoms with Crippen LogP contribution >= 0.6 is 11.3 Å². The molecule has 12 heteroatoms. The molecule has 0 saturated heterocycles. The first-order valence-electron chi connectivity index (χ1n) is 11.8. The van der Waals surface area contributed by atoms with Crippen LogP contribution in [-0.2, 0) is 27.7 Å². The van der Waals surface area contributed by atoms with E-state index in [9.17, 15) is 22.8 Å². The van der Waals surface area contributed by atoms with E-state index in [1.165, 1.54) is 54.1 Å². The molecule has 0 bridgehead atoms.